The maximum Gasteiger partial charge on any atom is 0.258 e. The molecular weight excluding hydrogens is 318 g/mol. The largest absolute Gasteiger partial charge is 0.486 e. The molecule has 1 aromatic heterocycles. The predicted molar refractivity (Wildman–Crippen MR) is 95.1 cm³/mol. The fourth-order valence-corrected chi connectivity index (χ4v) is 3.03. The third kappa shape index (κ3) is 3.34. The van der Waals surface area contributed by atoms with Crippen LogP contribution in [0.15, 0.2) is 53.3 Å². The summed E-state index contributed by atoms with van der Waals surface area (Å²) in [5, 5.41) is 0.606. The lowest BCUT2D eigenvalue weighted by atomic mass is 10.2. The molecule has 0 amide bonds. The number of aromatic amines is 1. The maximum atomic E-state index is 12.1. The third-order valence-electron chi connectivity index (χ3n) is 4.16. The molecule has 1 N–H and O–H groups in total. The van der Waals surface area contributed by atoms with Gasteiger partial charge in [-0.15, -0.1) is 0 Å². The van der Waals surface area contributed by atoms with Crippen LogP contribution in [0.5, 0.6) is 11.5 Å². The smallest absolute Gasteiger partial charge is 0.258 e. The highest BCUT2D eigenvalue weighted by Gasteiger charge is 2.22. The molecule has 3 aromatic rings. The number of aromatic nitrogens is 2. The van der Waals surface area contributed by atoms with Gasteiger partial charge in [0.1, 0.15) is 18.5 Å². The van der Waals surface area contributed by atoms with Crippen molar-refractivity contribution in [3.05, 3.63) is 64.7 Å². The fourth-order valence-electron chi connectivity index (χ4n) is 3.03. The van der Waals surface area contributed by atoms with Crippen LogP contribution in [0.1, 0.15) is 5.82 Å². The lowest BCUT2D eigenvalue weighted by molar-refractivity contribution is 0.0632. The first-order chi connectivity index (χ1) is 12.2. The number of rotatable bonds is 4. The van der Waals surface area contributed by atoms with Gasteiger partial charge in [0.25, 0.3) is 5.56 Å². The molecule has 1 aliphatic heterocycles. The molecule has 25 heavy (non-hydrogen) atoms. The van der Waals surface area contributed by atoms with Gasteiger partial charge < -0.3 is 14.5 Å². The summed E-state index contributed by atoms with van der Waals surface area (Å²) in [5.41, 5.74) is 0.598. The van der Waals surface area contributed by atoms with E-state index in [4.69, 9.17) is 9.47 Å². The van der Waals surface area contributed by atoms with Crippen molar-refractivity contribution in [2.45, 2.75) is 12.6 Å². The first kappa shape index (κ1) is 15.7. The summed E-state index contributed by atoms with van der Waals surface area (Å²) in [6.07, 6.45) is -0.0629. The van der Waals surface area contributed by atoms with Crippen molar-refractivity contribution in [1.29, 1.82) is 0 Å². The first-order valence-corrected chi connectivity index (χ1v) is 8.24. The van der Waals surface area contributed by atoms with Gasteiger partial charge in [-0.3, -0.25) is 9.69 Å². The lowest BCUT2D eigenvalue weighted by Gasteiger charge is -2.29. The lowest BCUT2D eigenvalue weighted by Crippen LogP contribution is -2.39. The summed E-state index contributed by atoms with van der Waals surface area (Å²) in [6.45, 7) is 1.70. The van der Waals surface area contributed by atoms with E-state index in [1.54, 1.807) is 6.07 Å². The minimum Gasteiger partial charge on any atom is -0.486 e. The number of hydrogen-bond acceptors (Lipinski definition) is 5. The van der Waals surface area contributed by atoms with Crippen LogP contribution in [0.3, 0.4) is 0 Å². The van der Waals surface area contributed by atoms with E-state index in [2.05, 4.69) is 14.9 Å². The van der Waals surface area contributed by atoms with Crippen LogP contribution in [0.2, 0.25) is 0 Å². The van der Waals surface area contributed by atoms with Gasteiger partial charge in [-0.25, -0.2) is 4.98 Å². The zero-order valence-corrected chi connectivity index (χ0v) is 13.9. The Labute approximate surface area is 145 Å². The number of nitrogens with one attached hydrogen (secondary N) is 1. The van der Waals surface area contributed by atoms with Crippen molar-refractivity contribution in [3.8, 4) is 11.5 Å². The number of fused-ring (bicyclic) bond motifs is 2. The van der Waals surface area contributed by atoms with Crippen LogP contribution in [0.25, 0.3) is 10.9 Å². The standard InChI is InChI=1S/C19H19N3O3/c1-22(10-13-12-24-16-8-4-5-9-17(16)25-13)11-18-20-15-7-3-2-6-14(15)19(23)21-18/h2-9,13H,10-12H2,1H3,(H,20,21,23)/t13-/m1/s1. The van der Waals surface area contributed by atoms with Gasteiger partial charge in [-0.2, -0.15) is 0 Å². The molecule has 0 saturated heterocycles. The van der Waals surface area contributed by atoms with E-state index in [1.807, 2.05) is 49.5 Å². The van der Waals surface area contributed by atoms with Crippen LogP contribution >= 0.6 is 0 Å². The van der Waals surface area contributed by atoms with Crippen molar-refractivity contribution in [3.63, 3.8) is 0 Å². The monoisotopic (exact) mass is 337 g/mol. The normalized spacial score (nSPS) is 16.3. The van der Waals surface area contributed by atoms with Crippen molar-refractivity contribution >= 4 is 10.9 Å². The molecule has 6 nitrogen and oxygen atoms in total. The summed E-state index contributed by atoms with van der Waals surface area (Å²) in [5.74, 6) is 2.19. The van der Waals surface area contributed by atoms with E-state index in [9.17, 15) is 4.79 Å². The average Bonchev–Trinajstić information content (AvgIpc) is 2.61. The Hall–Kier alpha value is -2.86. The van der Waals surface area contributed by atoms with E-state index < -0.39 is 0 Å². The molecule has 0 radical (unpaired) electrons. The highest BCUT2D eigenvalue weighted by atomic mass is 16.6. The molecule has 2 heterocycles. The molecule has 0 aliphatic carbocycles. The van der Waals surface area contributed by atoms with Crippen LogP contribution in [-0.4, -0.2) is 41.2 Å². The summed E-state index contributed by atoms with van der Waals surface area (Å²) in [4.78, 5) is 21.6. The number of H-pyrrole nitrogens is 1. The molecule has 0 saturated carbocycles. The van der Waals surface area contributed by atoms with Crippen molar-refractivity contribution < 1.29 is 9.47 Å². The van der Waals surface area contributed by atoms with Gasteiger partial charge in [0.2, 0.25) is 0 Å². The van der Waals surface area contributed by atoms with Gasteiger partial charge in [-0.05, 0) is 31.3 Å². The van der Waals surface area contributed by atoms with Crippen LogP contribution in [0, 0.1) is 0 Å². The molecule has 1 aliphatic rings. The summed E-state index contributed by atoms with van der Waals surface area (Å²) >= 11 is 0. The molecule has 0 spiro atoms. The summed E-state index contributed by atoms with van der Waals surface area (Å²) in [6, 6.07) is 15.0. The summed E-state index contributed by atoms with van der Waals surface area (Å²) in [7, 11) is 1.97. The number of benzene rings is 2. The molecular formula is C19H19N3O3. The molecule has 128 valence electrons. The molecule has 6 heteroatoms. The predicted octanol–water partition coefficient (Wildman–Crippen LogP) is 2.19. The van der Waals surface area contributed by atoms with Gasteiger partial charge in [-0.1, -0.05) is 24.3 Å². The molecule has 0 bridgehead atoms. The van der Waals surface area contributed by atoms with Crippen molar-refractivity contribution in [2.75, 3.05) is 20.2 Å². The average molecular weight is 337 g/mol. The zero-order chi connectivity index (χ0) is 17.2. The zero-order valence-electron chi connectivity index (χ0n) is 13.9. The Bertz CT molecular complexity index is 954. The van der Waals surface area contributed by atoms with Crippen molar-refractivity contribution in [2.24, 2.45) is 0 Å². The van der Waals surface area contributed by atoms with Crippen molar-refractivity contribution in [1.82, 2.24) is 14.9 Å². The second-order valence-electron chi connectivity index (χ2n) is 6.22. The maximum absolute atomic E-state index is 12.1. The Kier molecular flexibility index (Phi) is 4.11. The molecule has 4 rings (SSSR count). The van der Waals surface area contributed by atoms with E-state index >= 15 is 0 Å². The Balaban J connectivity index is 1.44. The first-order valence-electron chi connectivity index (χ1n) is 8.24. The van der Waals surface area contributed by atoms with Gasteiger partial charge in [0, 0.05) is 6.54 Å². The SMILES string of the molecule is CN(Cc1nc2ccccc2c(=O)[nH]1)C[C@@H]1COc2ccccc2O1. The quantitative estimate of drug-likeness (QED) is 0.790. The van der Waals surface area contributed by atoms with Gasteiger partial charge >= 0.3 is 0 Å². The molecule has 1 atom stereocenters. The van der Waals surface area contributed by atoms with E-state index in [-0.39, 0.29) is 11.7 Å². The second kappa shape index (κ2) is 6.57. The minimum atomic E-state index is -0.111. The van der Waals surface area contributed by atoms with Crippen LogP contribution < -0.4 is 15.0 Å². The third-order valence-corrected chi connectivity index (χ3v) is 4.16. The fraction of sp³-hybridized carbons (Fsp3) is 0.263. The Morgan fingerprint density at radius 3 is 2.80 bits per heavy atom. The molecule has 2 aromatic carbocycles. The number of para-hydroxylation sites is 3. The second-order valence-corrected chi connectivity index (χ2v) is 6.22. The van der Waals surface area contributed by atoms with Gasteiger partial charge in [0.15, 0.2) is 11.5 Å². The Morgan fingerprint density at radius 1 is 1.16 bits per heavy atom. The highest BCUT2D eigenvalue weighted by molar-refractivity contribution is 5.77. The number of nitrogens with zero attached hydrogens (tertiary/aromatic N) is 2. The van der Waals surface area contributed by atoms with E-state index in [0.29, 0.717) is 36.4 Å². The molecule has 0 unspecified atom stereocenters. The number of hydrogen-bond donors (Lipinski definition) is 1. The number of ether oxygens (including phenoxy) is 2. The Morgan fingerprint density at radius 2 is 1.92 bits per heavy atom. The van der Waals surface area contributed by atoms with E-state index in [1.165, 1.54) is 0 Å². The molecule has 0 fully saturated rings. The van der Waals surface area contributed by atoms with Crippen LogP contribution in [0.4, 0.5) is 0 Å². The van der Waals surface area contributed by atoms with Crippen LogP contribution in [-0.2, 0) is 6.54 Å². The van der Waals surface area contributed by atoms with E-state index in [0.717, 1.165) is 11.5 Å². The minimum absolute atomic E-state index is 0.0629. The highest BCUT2D eigenvalue weighted by Crippen LogP contribution is 2.30. The number of likely N-dealkylation sites (N-methyl/N-ethyl adjacent to an activating group) is 1. The topological polar surface area (TPSA) is 67.5 Å². The summed E-state index contributed by atoms with van der Waals surface area (Å²) < 4.78 is 11.7. The van der Waals surface area contributed by atoms with Gasteiger partial charge in [0.05, 0.1) is 17.4 Å².